The molecule has 3 aliphatic rings. The average molecular weight is 155 g/mol. The molecule has 3 fully saturated rings. The monoisotopic (exact) mass is 155 g/mol. The van der Waals surface area contributed by atoms with Gasteiger partial charge in [-0.1, -0.05) is 6.92 Å². The molecule has 64 valence electrons. The molecular weight excluding hydrogens is 138 g/mol. The van der Waals surface area contributed by atoms with Crippen molar-refractivity contribution >= 4 is 0 Å². The van der Waals surface area contributed by atoms with Crippen molar-refractivity contribution in [3.05, 3.63) is 0 Å². The Morgan fingerprint density at radius 2 is 2.09 bits per heavy atom. The van der Waals surface area contributed by atoms with Crippen LogP contribution in [-0.2, 0) is 0 Å². The third kappa shape index (κ3) is 1.09. The fourth-order valence-electron chi connectivity index (χ4n) is 2.55. The fraction of sp³-hybridized carbons (Fsp3) is 1.00. The number of fused-ring (bicyclic) bond motifs is 3. The molecule has 0 aromatic heterocycles. The van der Waals surface area contributed by atoms with Gasteiger partial charge in [0.25, 0.3) is 0 Å². The standard InChI is InChI=1S/C9H17NO/c1-2-9(11)7-10-5-3-8(9)4-6-10/h8,11H,2-7H2,1H3. The Labute approximate surface area is 68.2 Å². The second kappa shape index (κ2) is 2.46. The van der Waals surface area contributed by atoms with Crippen LogP contribution in [0.25, 0.3) is 0 Å². The molecule has 0 aromatic carbocycles. The molecule has 1 unspecified atom stereocenters. The summed E-state index contributed by atoms with van der Waals surface area (Å²) in [4.78, 5) is 2.39. The largest absolute Gasteiger partial charge is 0.388 e. The number of aliphatic hydroxyl groups is 1. The highest BCUT2D eigenvalue weighted by Gasteiger charge is 2.43. The van der Waals surface area contributed by atoms with Crippen molar-refractivity contribution in [3.8, 4) is 0 Å². The van der Waals surface area contributed by atoms with Gasteiger partial charge in [0.1, 0.15) is 0 Å². The van der Waals surface area contributed by atoms with E-state index in [2.05, 4.69) is 11.8 Å². The van der Waals surface area contributed by atoms with E-state index in [4.69, 9.17) is 0 Å². The summed E-state index contributed by atoms with van der Waals surface area (Å²) in [5, 5.41) is 10.1. The molecule has 3 rings (SSSR count). The van der Waals surface area contributed by atoms with Crippen molar-refractivity contribution in [1.82, 2.24) is 4.90 Å². The predicted octanol–water partition coefficient (Wildman–Crippen LogP) is 0.853. The summed E-state index contributed by atoms with van der Waals surface area (Å²) < 4.78 is 0. The van der Waals surface area contributed by atoms with Crippen LogP contribution in [0.1, 0.15) is 26.2 Å². The van der Waals surface area contributed by atoms with Gasteiger partial charge in [0.05, 0.1) is 5.60 Å². The van der Waals surface area contributed by atoms with Gasteiger partial charge in [-0.25, -0.2) is 0 Å². The SMILES string of the molecule is CCC1(O)CN2CCC1CC2. The number of piperidine rings is 3. The first kappa shape index (κ1) is 7.56. The number of hydrogen-bond acceptors (Lipinski definition) is 2. The molecule has 0 aliphatic carbocycles. The van der Waals surface area contributed by atoms with Crippen LogP contribution < -0.4 is 0 Å². The highest BCUT2D eigenvalue weighted by atomic mass is 16.3. The summed E-state index contributed by atoms with van der Waals surface area (Å²) in [7, 11) is 0. The van der Waals surface area contributed by atoms with Crippen LogP contribution in [0.3, 0.4) is 0 Å². The first-order chi connectivity index (χ1) is 5.24. The van der Waals surface area contributed by atoms with Crippen LogP contribution in [-0.4, -0.2) is 35.2 Å². The maximum absolute atomic E-state index is 10.1. The van der Waals surface area contributed by atoms with Crippen molar-refractivity contribution in [1.29, 1.82) is 0 Å². The minimum atomic E-state index is -0.337. The molecule has 11 heavy (non-hydrogen) atoms. The Kier molecular flexibility index (Phi) is 1.69. The number of nitrogens with zero attached hydrogens (tertiary/aromatic N) is 1. The van der Waals surface area contributed by atoms with Crippen molar-refractivity contribution in [2.24, 2.45) is 5.92 Å². The van der Waals surface area contributed by atoms with Gasteiger partial charge < -0.3 is 10.0 Å². The molecule has 0 aromatic rings. The maximum Gasteiger partial charge on any atom is 0.0800 e. The third-order valence-corrected chi connectivity index (χ3v) is 3.46. The van der Waals surface area contributed by atoms with Gasteiger partial charge in [-0.3, -0.25) is 0 Å². The van der Waals surface area contributed by atoms with Crippen molar-refractivity contribution < 1.29 is 5.11 Å². The molecule has 2 nitrogen and oxygen atoms in total. The van der Waals surface area contributed by atoms with E-state index >= 15 is 0 Å². The third-order valence-electron chi connectivity index (χ3n) is 3.46. The normalized spacial score (nSPS) is 49.6. The lowest BCUT2D eigenvalue weighted by atomic mass is 9.74. The van der Waals surface area contributed by atoms with Crippen LogP contribution in [0.15, 0.2) is 0 Å². The van der Waals surface area contributed by atoms with E-state index in [0.717, 1.165) is 13.0 Å². The van der Waals surface area contributed by atoms with E-state index < -0.39 is 0 Å². The summed E-state index contributed by atoms with van der Waals surface area (Å²) in [5.74, 6) is 0.595. The highest BCUT2D eigenvalue weighted by molar-refractivity contribution is 4.97. The lowest BCUT2D eigenvalue weighted by Gasteiger charge is -2.50. The molecule has 0 saturated carbocycles. The van der Waals surface area contributed by atoms with E-state index in [1.807, 2.05) is 0 Å². The zero-order chi connectivity index (χ0) is 7.90. The summed E-state index contributed by atoms with van der Waals surface area (Å²) in [5.41, 5.74) is -0.337. The quantitative estimate of drug-likeness (QED) is 0.607. The second-order valence-corrected chi connectivity index (χ2v) is 4.01. The molecule has 1 atom stereocenters. The van der Waals surface area contributed by atoms with Crippen molar-refractivity contribution in [3.63, 3.8) is 0 Å². The zero-order valence-electron chi connectivity index (χ0n) is 7.21. The van der Waals surface area contributed by atoms with Crippen LogP contribution in [0.4, 0.5) is 0 Å². The average Bonchev–Trinajstić information content (AvgIpc) is 2.06. The molecule has 0 spiro atoms. The van der Waals surface area contributed by atoms with Crippen molar-refractivity contribution in [2.75, 3.05) is 19.6 Å². The topological polar surface area (TPSA) is 23.5 Å². The second-order valence-electron chi connectivity index (χ2n) is 4.01. The molecule has 2 bridgehead atoms. The van der Waals surface area contributed by atoms with Crippen LogP contribution >= 0.6 is 0 Å². The molecule has 3 heterocycles. The van der Waals surface area contributed by atoms with Crippen molar-refractivity contribution in [2.45, 2.75) is 31.8 Å². The van der Waals surface area contributed by atoms with Gasteiger partial charge in [-0.2, -0.15) is 0 Å². The Morgan fingerprint density at radius 1 is 1.45 bits per heavy atom. The number of hydrogen-bond donors (Lipinski definition) is 1. The highest BCUT2D eigenvalue weighted by Crippen LogP contribution is 2.37. The molecule has 0 radical (unpaired) electrons. The van der Waals surface area contributed by atoms with Gasteiger partial charge in [0.15, 0.2) is 0 Å². The smallest absolute Gasteiger partial charge is 0.0800 e. The Bertz CT molecular complexity index is 152. The number of rotatable bonds is 1. The summed E-state index contributed by atoms with van der Waals surface area (Å²) >= 11 is 0. The molecular formula is C9H17NO. The van der Waals surface area contributed by atoms with E-state index in [-0.39, 0.29) is 5.60 Å². The van der Waals surface area contributed by atoms with Gasteiger partial charge in [0, 0.05) is 6.54 Å². The lowest BCUT2D eigenvalue weighted by Crippen LogP contribution is -2.58. The molecule has 3 aliphatic heterocycles. The predicted molar refractivity (Wildman–Crippen MR) is 44.4 cm³/mol. The summed E-state index contributed by atoms with van der Waals surface area (Å²) in [6, 6.07) is 0. The van der Waals surface area contributed by atoms with E-state index in [9.17, 15) is 5.11 Å². The minimum Gasteiger partial charge on any atom is -0.388 e. The van der Waals surface area contributed by atoms with E-state index in [1.165, 1.54) is 25.9 Å². The molecule has 0 amide bonds. The molecule has 3 saturated heterocycles. The Morgan fingerprint density at radius 3 is 2.36 bits per heavy atom. The first-order valence-electron chi connectivity index (χ1n) is 4.69. The minimum absolute atomic E-state index is 0.337. The van der Waals surface area contributed by atoms with Gasteiger partial charge in [-0.15, -0.1) is 0 Å². The Hall–Kier alpha value is -0.0800. The lowest BCUT2D eigenvalue weighted by molar-refractivity contribution is -0.113. The summed E-state index contributed by atoms with van der Waals surface area (Å²) in [6.07, 6.45) is 3.35. The first-order valence-corrected chi connectivity index (χ1v) is 4.69. The van der Waals surface area contributed by atoms with Crippen LogP contribution in [0.5, 0.6) is 0 Å². The molecule has 1 N–H and O–H groups in total. The van der Waals surface area contributed by atoms with Gasteiger partial charge in [0.2, 0.25) is 0 Å². The van der Waals surface area contributed by atoms with E-state index in [0.29, 0.717) is 5.92 Å². The van der Waals surface area contributed by atoms with Crippen LogP contribution in [0, 0.1) is 5.92 Å². The maximum atomic E-state index is 10.1. The van der Waals surface area contributed by atoms with Crippen LogP contribution in [0.2, 0.25) is 0 Å². The Balaban J connectivity index is 2.13. The van der Waals surface area contributed by atoms with E-state index in [1.54, 1.807) is 0 Å². The molecule has 2 heteroatoms. The zero-order valence-corrected chi connectivity index (χ0v) is 7.21. The van der Waals surface area contributed by atoms with Gasteiger partial charge in [-0.05, 0) is 38.3 Å². The fourth-order valence-corrected chi connectivity index (χ4v) is 2.55. The van der Waals surface area contributed by atoms with Gasteiger partial charge >= 0.3 is 0 Å². The summed E-state index contributed by atoms with van der Waals surface area (Å²) in [6.45, 7) is 5.45.